The Hall–Kier alpha value is -1.49. The molecule has 0 aliphatic rings. The summed E-state index contributed by atoms with van der Waals surface area (Å²) >= 11 is 0. The highest BCUT2D eigenvalue weighted by atomic mass is 32.2. The second-order valence-corrected chi connectivity index (χ2v) is 9.30. The molecule has 24 heavy (non-hydrogen) atoms. The fraction of sp³-hybridized carbons (Fsp3) is 0.500. The van der Waals surface area contributed by atoms with E-state index in [-0.39, 0.29) is 10.8 Å². The van der Waals surface area contributed by atoms with Crippen LogP contribution in [0.2, 0.25) is 0 Å². The molecule has 0 bridgehead atoms. The molecule has 2 N–H and O–H groups in total. The van der Waals surface area contributed by atoms with Crippen molar-refractivity contribution < 1.29 is 26.5 Å². The van der Waals surface area contributed by atoms with Crippen molar-refractivity contribution in [3.63, 3.8) is 0 Å². The summed E-state index contributed by atoms with van der Waals surface area (Å²) in [5.74, 6) is -0.607. The summed E-state index contributed by atoms with van der Waals surface area (Å²) in [6.07, 6.45) is 1.35. The predicted molar refractivity (Wildman–Crippen MR) is 88.3 cm³/mol. The molecule has 1 aromatic carbocycles. The number of nitrogens with one attached hydrogen (secondary N) is 2. The lowest BCUT2D eigenvalue weighted by atomic mass is 10.0. The van der Waals surface area contributed by atoms with E-state index in [1.165, 1.54) is 18.2 Å². The van der Waals surface area contributed by atoms with Crippen molar-refractivity contribution in [1.82, 2.24) is 10.2 Å². The maximum atomic E-state index is 12.3. The van der Waals surface area contributed by atoms with Crippen LogP contribution < -0.4 is 10.2 Å². The van der Waals surface area contributed by atoms with Gasteiger partial charge in [0.1, 0.15) is 10.9 Å². The molecule has 0 aliphatic carbocycles. The molecule has 136 valence electrons. The van der Waals surface area contributed by atoms with Gasteiger partial charge in [-0.1, -0.05) is 26.0 Å². The van der Waals surface area contributed by atoms with E-state index in [9.17, 15) is 21.6 Å². The Morgan fingerprint density at radius 2 is 1.67 bits per heavy atom. The minimum absolute atomic E-state index is 0.192. The maximum Gasteiger partial charge on any atom is 0.342 e. The molecule has 1 rings (SSSR count). The average molecular weight is 378 g/mol. The highest BCUT2D eigenvalue weighted by Gasteiger charge is 2.27. The van der Waals surface area contributed by atoms with E-state index in [1.807, 2.05) is 13.8 Å². The molecule has 1 atom stereocenters. The van der Waals surface area contributed by atoms with Crippen molar-refractivity contribution in [2.45, 2.75) is 36.1 Å². The zero-order valence-electron chi connectivity index (χ0n) is 13.9. The van der Waals surface area contributed by atoms with Crippen LogP contribution in [0.1, 0.15) is 20.3 Å². The summed E-state index contributed by atoms with van der Waals surface area (Å²) in [6.45, 7) is 3.81. The van der Waals surface area contributed by atoms with E-state index in [0.29, 0.717) is 6.42 Å². The molecular weight excluding hydrogens is 356 g/mol. The van der Waals surface area contributed by atoms with E-state index >= 15 is 0 Å². The number of hydrogen-bond donors (Lipinski definition) is 2. The number of sulfonamides is 1. The first-order valence-electron chi connectivity index (χ1n) is 7.18. The third kappa shape index (κ3) is 5.55. The third-order valence-electron chi connectivity index (χ3n) is 3.13. The number of carbonyl (C=O) groups excluding carboxylic acids is 1. The van der Waals surface area contributed by atoms with E-state index in [0.717, 1.165) is 12.3 Å². The summed E-state index contributed by atoms with van der Waals surface area (Å²) < 4.78 is 47.9. The Bertz CT molecular complexity index is 787. The average Bonchev–Trinajstić information content (AvgIpc) is 2.49. The second kappa shape index (κ2) is 8.06. The smallest absolute Gasteiger partial charge is 0.342 e. The molecule has 0 amide bonds. The molecular formula is C14H22N2O6S2. The predicted octanol–water partition coefficient (Wildman–Crippen LogP) is 0.461. The number of rotatable bonds is 8. The molecule has 1 aromatic rings. The van der Waals surface area contributed by atoms with E-state index in [4.69, 9.17) is 0 Å². The van der Waals surface area contributed by atoms with Crippen LogP contribution in [-0.2, 0) is 29.5 Å². The third-order valence-corrected chi connectivity index (χ3v) is 5.65. The van der Waals surface area contributed by atoms with Gasteiger partial charge in [0, 0.05) is 6.26 Å². The van der Waals surface area contributed by atoms with E-state index in [2.05, 4.69) is 10.2 Å². The fourth-order valence-corrected chi connectivity index (χ4v) is 4.41. The standard InChI is InChI=1S/C14H22N2O6S2/c1-10(2)9-11(15-3)14(17)22-16-24(20,21)13-8-6-5-7-12(13)23(4,18)19/h5-8,10-11,15-16H,9H2,1-4H3/t11-/m0/s1. The lowest BCUT2D eigenvalue weighted by Gasteiger charge is -2.17. The monoisotopic (exact) mass is 378 g/mol. The lowest BCUT2D eigenvalue weighted by Crippen LogP contribution is -2.40. The van der Waals surface area contributed by atoms with Crippen LogP contribution in [0.4, 0.5) is 0 Å². The number of hydrogen-bond acceptors (Lipinski definition) is 7. The molecule has 0 spiro atoms. The van der Waals surface area contributed by atoms with Crippen LogP contribution in [0, 0.1) is 5.92 Å². The lowest BCUT2D eigenvalue weighted by molar-refractivity contribution is -0.150. The van der Waals surface area contributed by atoms with Crippen LogP contribution in [0.3, 0.4) is 0 Å². The van der Waals surface area contributed by atoms with Gasteiger partial charge in [-0.15, -0.1) is 0 Å². The Labute approximate surface area is 142 Å². The van der Waals surface area contributed by atoms with E-state index in [1.54, 1.807) is 11.9 Å². The zero-order chi connectivity index (χ0) is 18.5. The van der Waals surface area contributed by atoms with Crippen molar-refractivity contribution in [3.05, 3.63) is 24.3 Å². The molecule has 0 radical (unpaired) electrons. The van der Waals surface area contributed by atoms with Gasteiger partial charge in [-0.05, 0) is 36.4 Å². The van der Waals surface area contributed by atoms with Gasteiger partial charge in [-0.3, -0.25) is 0 Å². The molecule has 10 heteroatoms. The van der Waals surface area contributed by atoms with Gasteiger partial charge in [0.25, 0.3) is 10.0 Å². The summed E-state index contributed by atoms with van der Waals surface area (Å²) in [6, 6.07) is 4.39. The Morgan fingerprint density at radius 1 is 1.12 bits per heavy atom. The normalized spacial score (nSPS) is 13.7. The molecule has 0 fully saturated rings. The molecule has 0 saturated heterocycles. The molecule has 0 heterocycles. The van der Waals surface area contributed by atoms with Crippen molar-refractivity contribution in [1.29, 1.82) is 0 Å². The van der Waals surface area contributed by atoms with Crippen LogP contribution in [-0.4, -0.2) is 42.2 Å². The Morgan fingerprint density at radius 3 is 2.12 bits per heavy atom. The number of sulfone groups is 1. The Balaban J connectivity index is 2.98. The largest absolute Gasteiger partial charge is 0.354 e. The van der Waals surface area contributed by atoms with Gasteiger partial charge in [-0.2, -0.15) is 0 Å². The molecule has 0 aromatic heterocycles. The zero-order valence-corrected chi connectivity index (χ0v) is 15.6. The van der Waals surface area contributed by atoms with Crippen LogP contribution in [0.5, 0.6) is 0 Å². The van der Waals surface area contributed by atoms with Crippen molar-refractivity contribution >= 4 is 25.8 Å². The first-order chi connectivity index (χ1) is 11.0. The minimum atomic E-state index is -4.34. The summed E-state index contributed by atoms with van der Waals surface area (Å²) in [5, 5.41) is 2.74. The van der Waals surface area contributed by atoms with Gasteiger partial charge in [0.2, 0.25) is 0 Å². The van der Waals surface area contributed by atoms with Crippen molar-refractivity contribution in [2.75, 3.05) is 13.3 Å². The highest BCUT2D eigenvalue weighted by Crippen LogP contribution is 2.20. The van der Waals surface area contributed by atoms with Gasteiger partial charge < -0.3 is 10.2 Å². The van der Waals surface area contributed by atoms with Crippen LogP contribution in [0.15, 0.2) is 34.1 Å². The first-order valence-corrected chi connectivity index (χ1v) is 10.6. The fourth-order valence-electron chi connectivity index (χ4n) is 1.99. The summed E-state index contributed by atoms with van der Waals surface area (Å²) in [4.78, 5) is 17.4. The highest BCUT2D eigenvalue weighted by molar-refractivity contribution is 7.93. The van der Waals surface area contributed by atoms with Gasteiger partial charge in [-0.25, -0.2) is 21.6 Å². The topological polar surface area (TPSA) is 119 Å². The van der Waals surface area contributed by atoms with Crippen molar-refractivity contribution in [2.24, 2.45) is 5.92 Å². The van der Waals surface area contributed by atoms with Gasteiger partial charge in [0.15, 0.2) is 9.84 Å². The van der Waals surface area contributed by atoms with Crippen molar-refractivity contribution in [3.8, 4) is 0 Å². The minimum Gasteiger partial charge on any atom is -0.354 e. The van der Waals surface area contributed by atoms with Gasteiger partial charge in [0.05, 0.1) is 4.90 Å². The number of carbonyl (C=O) groups is 1. The second-order valence-electron chi connectivity index (χ2n) is 5.70. The maximum absolute atomic E-state index is 12.3. The number of likely N-dealkylation sites (N-methyl/N-ethyl adjacent to an activating group) is 1. The SMILES string of the molecule is CN[C@@H](CC(C)C)C(=O)ONS(=O)(=O)c1ccccc1S(C)(=O)=O. The Kier molecular flexibility index (Phi) is 6.90. The van der Waals surface area contributed by atoms with E-state index < -0.39 is 36.8 Å². The molecule has 8 nitrogen and oxygen atoms in total. The van der Waals surface area contributed by atoms with Gasteiger partial charge >= 0.3 is 5.97 Å². The molecule has 0 aliphatic heterocycles. The quantitative estimate of drug-likeness (QED) is 0.631. The van der Waals surface area contributed by atoms with Crippen LogP contribution >= 0.6 is 0 Å². The number of benzene rings is 1. The summed E-state index contributed by atoms with van der Waals surface area (Å²) in [5.41, 5.74) is 0. The molecule has 0 saturated carbocycles. The summed E-state index contributed by atoms with van der Waals surface area (Å²) in [7, 11) is -6.55. The molecule has 0 unspecified atom stereocenters. The first kappa shape index (κ1) is 20.6. The van der Waals surface area contributed by atoms with Crippen LogP contribution in [0.25, 0.3) is 0 Å².